The molecule has 0 amide bonds. The first-order valence-corrected chi connectivity index (χ1v) is 7.10. The lowest BCUT2D eigenvalue weighted by molar-refractivity contribution is -0.138. The van der Waals surface area contributed by atoms with E-state index in [0.29, 0.717) is 12.1 Å². The van der Waals surface area contributed by atoms with Crippen molar-refractivity contribution in [3.8, 4) is 0 Å². The van der Waals surface area contributed by atoms with Crippen molar-refractivity contribution < 1.29 is 32.3 Å². The van der Waals surface area contributed by atoms with Crippen LogP contribution in [0.3, 0.4) is 0 Å². The molecule has 0 fully saturated rings. The fourth-order valence-electron chi connectivity index (χ4n) is 1.46. The van der Waals surface area contributed by atoms with Crippen molar-refractivity contribution in [2.45, 2.75) is 45.1 Å². The Morgan fingerprint density at radius 3 is 2.05 bits per heavy atom. The third kappa shape index (κ3) is 4.21. The lowest BCUT2D eigenvalue weighted by atomic mass is 9.75. The van der Waals surface area contributed by atoms with E-state index in [1.807, 2.05) is 0 Å². The topological polar surface area (TPSA) is 49.7 Å². The number of alkyl halides is 3. The van der Waals surface area contributed by atoms with Gasteiger partial charge < -0.3 is 14.8 Å². The Kier molecular flexibility index (Phi) is 5.39. The van der Waals surface area contributed by atoms with Gasteiger partial charge in [-0.05, 0) is 39.8 Å². The molecule has 2 N–H and O–H groups in total. The van der Waals surface area contributed by atoms with Gasteiger partial charge in [-0.3, -0.25) is 0 Å². The maximum absolute atomic E-state index is 13.8. The predicted octanol–water partition coefficient (Wildman–Crippen LogP) is 2.86. The zero-order valence-corrected chi connectivity index (χ0v) is 14.0. The molecule has 0 aliphatic rings. The maximum Gasteiger partial charge on any atom is 0.494 e. The fraction of sp³-hybridized carbons (Fsp3) is 0.538. The number of halogens is 5. The predicted molar refractivity (Wildman–Crippen MR) is 78.2 cm³/mol. The van der Waals surface area contributed by atoms with E-state index in [-0.39, 0.29) is 0 Å². The molecule has 22 heavy (non-hydrogen) atoms. The Morgan fingerprint density at radius 2 is 1.64 bits per heavy atom. The molecule has 0 saturated carbocycles. The Bertz CT molecular complexity index is 555. The highest BCUT2D eigenvalue weighted by Crippen LogP contribution is 2.35. The van der Waals surface area contributed by atoms with Crippen LogP contribution in [0.25, 0.3) is 0 Å². The van der Waals surface area contributed by atoms with Crippen molar-refractivity contribution >= 4 is 28.5 Å². The maximum atomic E-state index is 13.8. The van der Waals surface area contributed by atoms with Crippen molar-refractivity contribution in [1.82, 2.24) is 0 Å². The molecule has 1 aromatic rings. The van der Waals surface area contributed by atoms with Gasteiger partial charge in [0, 0.05) is 9.94 Å². The summed E-state index contributed by atoms with van der Waals surface area (Å²) in [4.78, 5) is 0. The van der Waals surface area contributed by atoms with Gasteiger partial charge in [0.1, 0.15) is 5.82 Å². The summed E-state index contributed by atoms with van der Waals surface area (Å²) in [5, 5.41) is 19.8. The second kappa shape index (κ2) is 6.11. The Hall–Kier alpha value is -0.635. The minimum Gasteiger partial charge on any atom is -0.423 e. The first kappa shape index (κ1) is 19.4. The number of aliphatic hydroxyl groups is 1. The first-order valence-electron chi connectivity index (χ1n) is 6.31. The zero-order chi connectivity index (χ0) is 17.5. The molecule has 1 rings (SSSR count). The van der Waals surface area contributed by atoms with Crippen molar-refractivity contribution in [3.05, 3.63) is 28.0 Å². The summed E-state index contributed by atoms with van der Waals surface area (Å²) >= 11 is 2.64. The number of benzene rings is 1. The largest absolute Gasteiger partial charge is 0.494 e. The van der Waals surface area contributed by atoms with Crippen LogP contribution in [0, 0.1) is 5.82 Å². The molecule has 9 heteroatoms. The van der Waals surface area contributed by atoms with Gasteiger partial charge in [-0.1, -0.05) is 15.9 Å². The van der Waals surface area contributed by atoms with E-state index in [1.165, 1.54) is 27.7 Å². The number of hydrogen-bond donors (Lipinski definition) is 2. The van der Waals surface area contributed by atoms with Gasteiger partial charge in [0.05, 0.1) is 16.8 Å². The van der Waals surface area contributed by atoms with Gasteiger partial charge in [-0.2, -0.15) is 13.2 Å². The fourth-order valence-corrected chi connectivity index (χ4v) is 2.00. The average molecular weight is 387 g/mol. The van der Waals surface area contributed by atoms with Crippen LogP contribution in [-0.2, 0) is 10.8 Å². The molecule has 0 atom stereocenters. The number of hydrogen-bond acceptors (Lipinski definition) is 3. The van der Waals surface area contributed by atoms with Crippen molar-refractivity contribution in [2.75, 3.05) is 0 Å². The second-order valence-electron chi connectivity index (χ2n) is 5.89. The zero-order valence-electron chi connectivity index (χ0n) is 12.4. The highest BCUT2D eigenvalue weighted by atomic mass is 79.9. The molecule has 0 spiro atoms. The molecule has 0 aliphatic carbocycles. The average Bonchev–Trinajstić information content (AvgIpc) is 2.24. The van der Waals surface area contributed by atoms with E-state index in [9.17, 15) is 27.7 Å². The van der Waals surface area contributed by atoms with E-state index >= 15 is 0 Å². The minimum atomic E-state index is -4.72. The normalized spacial score (nSPS) is 13.4. The van der Waals surface area contributed by atoms with Crippen LogP contribution in [0.2, 0.25) is 0 Å². The summed E-state index contributed by atoms with van der Waals surface area (Å²) in [6.45, 7) is 5.66. The first-order chi connectivity index (χ1) is 9.67. The van der Waals surface area contributed by atoms with Crippen LogP contribution in [0.1, 0.15) is 33.3 Å². The summed E-state index contributed by atoms with van der Waals surface area (Å²) in [5.74, 6) is -1.06. The monoisotopic (exact) mass is 386 g/mol. The molecule has 1 aromatic carbocycles. The van der Waals surface area contributed by atoms with Crippen LogP contribution in [0.4, 0.5) is 17.6 Å². The van der Waals surface area contributed by atoms with Gasteiger partial charge >= 0.3 is 13.3 Å². The molecule has 0 heterocycles. The summed E-state index contributed by atoms with van der Waals surface area (Å²) in [7, 11) is -1.96. The van der Waals surface area contributed by atoms with E-state index in [4.69, 9.17) is 4.65 Å². The molecular formula is C13H16BBrF4O3. The standard InChI is InChI=1S/C13H16BBrF4O3/c1-11(2,20)12(3,4)22-14(21)8-5-7(13(17,18)19)9(15)6-10(8)16/h5-6,20-21H,1-4H3. The quantitative estimate of drug-likeness (QED) is 0.618. The minimum absolute atomic E-state index is 0.477. The summed E-state index contributed by atoms with van der Waals surface area (Å²) in [6.07, 6.45) is -4.72. The third-order valence-corrected chi connectivity index (χ3v) is 4.19. The summed E-state index contributed by atoms with van der Waals surface area (Å²) < 4.78 is 57.0. The van der Waals surface area contributed by atoms with E-state index in [1.54, 1.807) is 0 Å². The molecule has 0 unspecified atom stereocenters. The van der Waals surface area contributed by atoms with E-state index < -0.39 is 45.8 Å². The SMILES string of the molecule is CC(C)(O)C(C)(C)OB(O)c1cc(C(F)(F)F)c(Br)cc1F. The van der Waals surface area contributed by atoms with E-state index in [0.717, 1.165) is 0 Å². The van der Waals surface area contributed by atoms with Crippen LogP contribution in [-0.4, -0.2) is 28.5 Å². The van der Waals surface area contributed by atoms with Crippen molar-refractivity contribution in [3.63, 3.8) is 0 Å². The molecule has 3 nitrogen and oxygen atoms in total. The highest BCUT2D eigenvalue weighted by molar-refractivity contribution is 9.10. The van der Waals surface area contributed by atoms with Gasteiger partial charge in [0.2, 0.25) is 0 Å². The smallest absolute Gasteiger partial charge is 0.423 e. The highest BCUT2D eigenvalue weighted by Gasteiger charge is 2.41. The van der Waals surface area contributed by atoms with Gasteiger partial charge in [0.15, 0.2) is 0 Å². The van der Waals surface area contributed by atoms with Crippen LogP contribution >= 0.6 is 15.9 Å². The van der Waals surface area contributed by atoms with Gasteiger partial charge in [-0.25, -0.2) is 4.39 Å². The molecule has 0 aromatic heterocycles. The van der Waals surface area contributed by atoms with Crippen molar-refractivity contribution in [1.29, 1.82) is 0 Å². The van der Waals surface area contributed by atoms with Crippen molar-refractivity contribution in [2.24, 2.45) is 0 Å². The summed E-state index contributed by atoms with van der Waals surface area (Å²) in [6, 6.07) is 1.09. The summed E-state index contributed by atoms with van der Waals surface area (Å²) in [5.41, 5.74) is -4.53. The van der Waals surface area contributed by atoms with Gasteiger partial charge in [-0.15, -0.1) is 0 Å². The molecule has 124 valence electrons. The number of rotatable bonds is 4. The van der Waals surface area contributed by atoms with Crippen LogP contribution in [0.5, 0.6) is 0 Å². The lowest BCUT2D eigenvalue weighted by Gasteiger charge is -2.38. The van der Waals surface area contributed by atoms with Gasteiger partial charge in [0.25, 0.3) is 0 Å². The lowest BCUT2D eigenvalue weighted by Crippen LogP contribution is -2.53. The Morgan fingerprint density at radius 1 is 1.14 bits per heavy atom. The molecule has 0 bridgehead atoms. The molecule has 0 radical (unpaired) electrons. The Balaban J connectivity index is 3.22. The molecule has 0 aliphatic heterocycles. The van der Waals surface area contributed by atoms with E-state index in [2.05, 4.69) is 15.9 Å². The molecular weight excluding hydrogens is 371 g/mol. The molecule has 0 saturated heterocycles. The van der Waals surface area contributed by atoms with Crippen LogP contribution in [0.15, 0.2) is 16.6 Å². The second-order valence-corrected chi connectivity index (χ2v) is 6.75. The third-order valence-electron chi connectivity index (χ3n) is 3.54. The van der Waals surface area contributed by atoms with Crippen LogP contribution < -0.4 is 5.46 Å². The Labute approximate surface area is 134 Å².